The molecule has 1 aromatic carbocycles. The maximum atomic E-state index is 10.7. The number of hydrogen-bond donors (Lipinski definition) is 2. The van der Waals surface area contributed by atoms with E-state index in [-0.39, 0.29) is 5.54 Å². The minimum absolute atomic E-state index is 0.0728. The van der Waals surface area contributed by atoms with Crippen molar-refractivity contribution in [2.75, 3.05) is 6.54 Å². The van der Waals surface area contributed by atoms with Crippen LogP contribution >= 0.6 is 0 Å². The predicted octanol–water partition coefficient (Wildman–Crippen LogP) is 3.22. The van der Waals surface area contributed by atoms with Gasteiger partial charge in [0, 0.05) is 17.1 Å². The van der Waals surface area contributed by atoms with Gasteiger partial charge >= 0.3 is 0 Å². The highest BCUT2D eigenvalue weighted by molar-refractivity contribution is 5.79. The van der Waals surface area contributed by atoms with Gasteiger partial charge in [0.1, 0.15) is 0 Å². The van der Waals surface area contributed by atoms with Crippen molar-refractivity contribution in [3.05, 3.63) is 42.1 Å². The van der Waals surface area contributed by atoms with Gasteiger partial charge in [0.05, 0.1) is 11.1 Å². The molecular weight excluding hydrogens is 248 g/mol. The van der Waals surface area contributed by atoms with E-state index in [1.165, 1.54) is 0 Å². The van der Waals surface area contributed by atoms with E-state index in [0.29, 0.717) is 6.42 Å². The topological polar surface area (TPSA) is 45.1 Å². The van der Waals surface area contributed by atoms with Crippen molar-refractivity contribution in [2.45, 2.75) is 45.3 Å². The average molecular weight is 272 g/mol. The molecule has 1 unspecified atom stereocenters. The molecule has 108 valence electrons. The minimum atomic E-state index is -0.831. The smallest absolute Gasteiger partial charge is 0.0880 e. The Morgan fingerprint density at radius 1 is 1.15 bits per heavy atom. The van der Waals surface area contributed by atoms with Gasteiger partial charge in [0.15, 0.2) is 0 Å². The summed E-state index contributed by atoms with van der Waals surface area (Å²) in [5.41, 5.74) is 1.14. The average Bonchev–Trinajstić information content (AvgIpc) is 2.36. The van der Waals surface area contributed by atoms with Gasteiger partial charge in [0.2, 0.25) is 0 Å². The number of aromatic nitrogens is 1. The summed E-state index contributed by atoms with van der Waals surface area (Å²) in [7, 11) is 0. The number of fused-ring (bicyclic) bond motifs is 1. The highest BCUT2D eigenvalue weighted by Gasteiger charge is 2.23. The molecule has 0 aliphatic rings. The quantitative estimate of drug-likeness (QED) is 0.898. The molecule has 0 spiro atoms. The number of rotatable bonds is 4. The monoisotopic (exact) mass is 272 g/mol. The number of hydrogen-bond acceptors (Lipinski definition) is 3. The molecule has 0 radical (unpaired) electrons. The standard InChI is InChI=1S/C17H24N2O/c1-16(2,3)19-11-9-17(4,20)14-7-8-15-13(12-14)6-5-10-18-15/h5-8,10,12,19-20H,9,11H2,1-4H3. The molecule has 1 heterocycles. The summed E-state index contributed by atoms with van der Waals surface area (Å²) in [6, 6.07) is 9.90. The molecule has 2 aromatic rings. The molecule has 0 saturated carbocycles. The van der Waals surface area contributed by atoms with Crippen LogP contribution in [0.1, 0.15) is 39.7 Å². The van der Waals surface area contributed by atoms with Gasteiger partial charge in [-0.3, -0.25) is 4.98 Å². The molecule has 0 amide bonds. The third-order valence-electron chi connectivity index (χ3n) is 3.49. The maximum Gasteiger partial charge on any atom is 0.0880 e. The third-order valence-corrected chi connectivity index (χ3v) is 3.49. The lowest BCUT2D eigenvalue weighted by atomic mass is 9.91. The van der Waals surface area contributed by atoms with Crippen LogP contribution in [0.3, 0.4) is 0 Å². The van der Waals surface area contributed by atoms with E-state index in [4.69, 9.17) is 0 Å². The number of nitrogens with zero attached hydrogens (tertiary/aromatic N) is 1. The molecule has 2 N–H and O–H groups in total. The second kappa shape index (κ2) is 5.51. The Labute approximate surface area is 121 Å². The summed E-state index contributed by atoms with van der Waals surface area (Å²) in [4.78, 5) is 4.30. The SMILES string of the molecule is CC(C)(C)NCCC(C)(O)c1ccc2ncccc2c1. The Bertz CT molecular complexity index is 585. The Balaban J connectivity index is 2.14. The molecule has 0 aliphatic heterocycles. The summed E-state index contributed by atoms with van der Waals surface area (Å²) < 4.78 is 0. The van der Waals surface area contributed by atoms with E-state index >= 15 is 0 Å². The van der Waals surface area contributed by atoms with E-state index in [9.17, 15) is 5.11 Å². The van der Waals surface area contributed by atoms with Crippen LogP contribution in [-0.4, -0.2) is 22.2 Å². The van der Waals surface area contributed by atoms with Crippen molar-refractivity contribution in [2.24, 2.45) is 0 Å². The Hall–Kier alpha value is -1.45. The van der Waals surface area contributed by atoms with Crippen LogP contribution in [0.4, 0.5) is 0 Å². The minimum Gasteiger partial charge on any atom is -0.385 e. The van der Waals surface area contributed by atoms with Crippen molar-refractivity contribution in [3.8, 4) is 0 Å². The summed E-state index contributed by atoms with van der Waals surface area (Å²) >= 11 is 0. The fraction of sp³-hybridized carbons (Fsp3) is 0.471. The van der Waals surface area contributed by atoms with Crippen molar-refractivity contribution in [1.29, 1.82) is 0 Å². The van der Waals surface area contributed by atoms with Crippen molar-refractivity contribution in [3.63, 3.8) is 0 Å². The molecule has 0 bridgehead atoms. The van der Waals surface area contributed by atoms with E-state index < -0.39 is 5.60 Å². The molecule has 3 nitrogen and oxygen atoms in total. The van der Waals surface area contributed by atoms with E-state index in [2.05, 4.69) is 31.1 Å². The fourth-order valence-electron chi connectivity index (χ4n) is 2.24. The van der Waals surface area contributed by atoms with Gasteiger partial charge < -0.3 is 10.4 Å². The van der Waals surface area contributed by atoms with Gasteiger partial charge in [-0.15, -0.1) is 0 Å². The van der Waals surface area contributed by atoms with Crippen molar-refractivity contribution >= 4 is 10.9 Å². The van der Waals surface area contributed by atoms with Crippen LogP contribution in [0, 0.1) is 0 Å². The Morgan fingerprint density at radius 2 is 1.90 bits per heavy atom. The second-order valence-electron chi connectivity index (χ2n) is 6.61. The van der Waals surface area contributed by atoms with Gasteiger partial charge in [-0.25, -0.2) is 0 Å². The molecular formula is C17H24N2O. The molecule has 20 heavy (non-hydrogen) atoms. The highest BCUT2D eigenvalue weighted by atomic mass is 16.3. The number of aliphatic hydroxyl groups is 1. The zero-order valence-electron chi connectivity index (χ0n) is 12.8. The first-order chi connectivity index (χ1) is 9.28. The van der Waals surface area contributed by atoms with Gasteiger partial charge in [-0.05, 0) is 64.4 Å². The Kier molecular flexibility index (Phi) is 4.11. The van der Waals surface area contributed by atoms with Crippen LogP contribution in [0.2, 0.25) is 0 Å². The molecule has 3 heteroatoms. The largest absolute Gasteiger partial charge is 0.385 e. The van der Waals surface area contributed by atoms with Crippen molar-refractivity contribution < 1.29 is 5.11 Å². The zero-order chi connectivity index (χ0) is 14.8. The highest BCUT2D eigenvalue weighted by Crippen LogP contribution is 2.26. The number of benzene rings is 1. The first-order valence-electron chi connectivity index (χ1n) is 7.11. The lowest BCUT2D eigenvalue weighted by Gasteiger charge is -2.27. The van der Waals surface area contributed by atoms with Crippen LogP contribution in [0.5, 0.6) is 0 Å². The number of pyridine rings is 1. The zero-order valence-corrected chi connectivity index (χ0v) is 12.8. The van der Waals surface area contributed by atoms with E-state index in [1.54, 1.807) is 6.20 Å². The molecule has 1 aromatic heterocycles. The fourth-order valence-corrected chi connectivity index (χ4v) is 2.24. The summed E-state index contributed by atoms with van der Waals surface area (Å²) in [6.45, 7) is 9.03. The molecule has 2 rings (SSSR count). The van der Waals surface area contributed by atoms with E-state index in [1.807, 2.05) is 37.3 Å². The first-order valence-corrected chi connectivity index (χ1v) is 7.11. The van der Waals surface area contributed by atoms with Crippen LogP contribution in [-0.2, 0) is 5.60 Å². The van der Waals surface area contributed by atoms with Crippen LogP contribution in [0.25, 0.3) is 10.9 Å². The number of nitrogens with one attached hydrogen (secondary N) is 1. The van der Waals surface area contributed by atoms with Crippen LogP contribution in [0.15, 0.2) is 36.5 Å². The van der Waals surface area contributed by atoms with E-state index in [0.717, 1.165) is 23.0 Å². The summed E-state index contributed by atoms with van der Waals surface area (Å²) in [6.07, 6.45) is 2.46. The Morgan fingerprint density at radius 3 is 2.60 bits per heavy atom. The van der Waals surface area contributed by atoms with Gasteiger partial charge in [-0.2, -0.15) is 0 Å². The van der Waals surface area contributed by atoms with Crippen LogP contribution < -0.4 is 5.32 Å². The van der Waals surface area contributed by atoms with Crippen molar-refractivity contribution in [1.82, 2.24) is 10.3 Å². The molecule has 0 fully saturated rings. The molecule has 0 aliphatic carbocycles. The second-order valence-corrected chi connectivity index (χ2v) is 6.61. The molecule has 0 saturated heterocycles. The third kappa shape index (κ3) is 3.78. The maximum absolute atomic E-state index is 10.7. The normalized spacial score (nSPS) is 15.2. The molecule has 1 atom stereocenters. The first kappa shape index (κ1) is 14.9. The van der Waals surface area contributed by atoms with Gasteiger partial charge in [0.25, 0.3) is 0 Å². The van der Waals surface area contributed by atoms with Gasteiger partial charge in [-0.1, -0.05) is 12.1 Å². The summed E-state index contributed by atoms with van der Waals surface area (Å²) in [5.74, 6) is 0. The lowest BCUT2D eigenvalue weighted by molar-refractivity contribution is 0.0465. The lowest BCUT2D eigenvalue weighted by Crippen LogP contribution is -2.39. The summed E-state index contributed by atoms with van der Waals surface area (Å²) in [5, 5.41) is 15.2. The predicted molar refractivity (Wildman–Crippen MR) is 83.7 cm³/mol.